The number of carbonyl (C=O) groups is 1. The quantitative estimate of drug-likeness (QED) is 0.464. The van der Waals surface area contributed by atoms with Gasteiger partial charge in [0.05, 0.1) is 0 Å². The Bertz CT molecular complexity index is 354. The molecule has 0 spiro atoms. The minimum atomic E-state index is -0.738. The molecule has 0 aromatic carbocycles. The first-order valence-corrected chi connectivity index (χ1v) is 2.53. The lowest BCUT2D eigenvalue weighted by molar-refractivity contribution is 0.0916. The van der Waals surface area contributed by atoms with Gasteiger partial charge >= 0.3 is 11.4 Å². The molecule has 0 atom stereocenters. The first kappa shape index (κ1) is 6.53. The Labute approximate surface area is 54.5 Å². The second-order valence-electron chi connectivity index (χ2n) is 1.73. The summed E-state index contributed by atoms with van der Waals surface area (Å²) >= 11 is 0. The first-order valence-electron chi connectivity index (χ1n) is 2.53. The van der Waals surface area contributed by atoms with Crippen molar-refractivity contribution in [2.24, 2.45) is 0 Å². The van der Waals surface area contributed by atoms with Gasteiger partial charge in [0.15, 0.2) is 0 Å². The Morgan fingerprint density at radius 2 is 2.10 bits per heavy atom. The maximum absolute atomic E-state index is 10.5. The minimum absolute atomic E-state index is 0.525. The molecule has 6 heteroatoms. The largest absolute Gasteiger partial charge is 0.351 e. The van der Waals surface area contributed by atoms with Crippen molar-refractivity contribution in [1.29, 1.82) is 0 Å². The van der Waals surface area contributed by atoms with Gasteiger partial charge in [-0.05, 0) is 0 Å². The van der Waals surface area contributed by atoms with Crippen LogP contribution >= 0.6 is 0 Å². The third-order valence-corrected chi connectivity index (χ3v) is 0.952. The van der Waals surface area contributed by atoms with Crippen LogP contribution in [0.25, 0.3) is 0 Å². The number of hydrogen-bond donors (Lipinski definition) is 2. The van der Waals surface area contributed by atoms with Crippen LogP contribution < -0.4 is 11.4 Å². The zero-order valence-electron chi connectivity index (χ0n) is 5.17. The van der Waals surface area contributed by atoms with Gasteiger partial charge in [0.2, 0.25) is 5.91 Å². The van der Waals surface area contributed by atoms with Crippen LogP contribution in [0, 0.1) is 0 Å². The Kier molecular flexibility index (Phi) is 1.29. The fourth-order valence-electron chi connectivity index (χ4n) is 0.555. The first-order chi connectivity index (χ1) is 4.61. The molecule has 54 valence electrons. The van der Waals surface area contributed by atoms with E-state index in [0.29, 0.717) is 4.68 Å². The molecule has 1 heterocycles. The van der Waals surface area contributed by atoms with Crippen molar-refractivity contribution in [3.63, 3.8) is 0 Å². The summed E-state index contributed by atoms with van der Waals surface area (Å²) in [5.74, 6) is -0.525. The molecule has 0 fully saturated rings. The van der Waals surface area contributed by atoms with E-state index >= 15 is 0 Å². The van der Waals surface area contributed by atoms with Crippen LogP contribution in [0.2, 0.25) is 0 Å². The predicted octanol–water partition coefficient (Wildman–Crippen LogP) is -1.48. The van der Waals surface area contributed by atoms with Gasteiger partial charge in [-0.15, -0.1) is 0 Å². The lowest BCUT2D eigenvalue weighted by atomic mass is 10.7. The van der Waals surface area contributed by atoms with E-state index < -0.39 is 17.3 Å². The van der Waals surface area contributed by atoms with Gasteiger partial charge in [-0.1, -0.05) is 0 Å². The summed E-state index contributed by atoms with van der Waals surface area (Å²) in [6, 6.07) is 0. The van der Waals surface area contributed by atoms with E-state index in [9.17, 15) is 14.4 Å². The van der Waals surface area contributed by atoms with E-state index in [0.717, 1.165) is 0 Å². The molecule has 10 heavy (non-hydrogen) atoms. The van der Waals surface area contributed by atoms with Crippen molar-refractivity contribution in [1.82, 2.24) is 14.8 Å². The molecule has 2 N–H and O–H groups in total. The number of aromatic nitrogens is 3. The molecular formula is C4H5N3O3. The topological polar surface area (TPSA) is 87.7 Å². The zero-order valence-corrected chi connectivity index (χ0v) is 5.17. The van der Waals surface area contributed by atoms with Crippen LogP contribution in [0.5, 0.6) is 0 Å². The molecule has 0 unspecified atom stereocenters. The molecule has 0 bridgehead atoms. The normalized spacial score (nSPS) is 9.70. The fraction of sp³-hybridized carbons (Fsp3) is 0.250. The molecule has 0 saturated heterocycles. The highest BCUT2D eigenvalue weighted by Gasteiger charge is 2.01. The predicted molar refractivity (Wildman–Crippen MR) is 32.0 cm³/mol. The number of aromatic amines is 2. The van der Waals surface area contributed by atoms with Gasteiger partial charge < -0.3 is 0 Å². The molecule has 0 amide bonds. The average molecular weight is 143 g/mol. The van der Waals surface area contributed by atoms with Crippen molar-refractivity contribution in [2.75, 3.05) is 0 Å². The van der Waals surface area contributed by atoms with Crippen molar-refractivity contribution in [2.45, 2.75) is 6.92 Å². The summed E-state index contributed by atoms with van der Waals surface area (Å²) in [5.41, 5.74) is -1.42. The van der Waals surface area contributed by atoms with Gasteiger partial charge in [0.1, 0.15) is 0 Å². The number of H-pyrrole nitrogens is 2. The number of nitrogens with one attached hydrogen (secondary N) is 2. The molecule has 1 aromatic rings. The Morgan fingerprint density at radius 1 is 1.50 bits per heavy atom. The molecule has 1 aromatic heterocycles. The summed E-state index contributed by atoms with van der Waals surface area (Å²) in [6.45, 7) is 1.17. The lowest BCUT2D eigenvalue weighted by Crippen LogP contribution is -2.22. The Hall–Kier alpha value is -1.59. The lowest BCUT2D eigenvalue weighted by Gasteiger charge is -1.86. The number of carbonyl (C=O) groups excluding carboxylic acids is 1. The third kappa shape index (κ3) is 0.903. The average Bonchev–Trinajstić information content (AvgIpc) is 2.10. The maximum Gasteiger partial charge on any atom is 0.351 e. The van der Waals surface area contributed by atoms with Crippen LogP contribution in [0.15, 0.2) is 9.59 Å². The van der Waals surface area contributed by atoms with Gasteiger partial charge in [-0.3, -0.25) is 9.78 Å². The molecule has 0 aliphatic heterocycles. The van der Waals surface area contributed by atoms with Crippen LogP contribution in [-0.2, 0) is 0 Å². The highest BCUT2D eigenvalue weighted by molar-refractivity contribution is 5.74. The monoisotopic (exact) mass is 143 g/mol. The Morgan fingerprint density at radius 3 is 2.30 bits per heavy atom. The summed E-state index contributed by atoms with van der Waals surface area (Å²) < 4.78 is 0.600. The second kappa shape index (κ2) is 1.98. The van der Waals surface area contributed by atoms with Crippen molar-refractivity contribution < 1.29 is 4.79 Å². The summed E-state index contributed by atoms with van der Waals surface area (Å²) in [5, 5.41) is 1.99. The summed E-state index contributed by atoms with van der Waals surface area (Å²) in [4.78, 5) is 33.2. The maximum atomic E-state index is 10.5. The molecule has 0 aliphatic rings. The van der Waals surface area contributed by atoms with Gasteiger partial charge in [-0.2, -0.15) is 4.68 Å². The Balaban J connectivity index is 3.43. The highest BCUT2D eigenvalue weighted by Crippen LogP contribution is 1.65. The summed E-state index contributed by atoms with van der Waals surface area (Å²) in [6.07, 6.45) is 0. The van der Waals surface area contributed by atoms with Crippen LogP contribution in [0.1, 0.15) is 11.7 Å². The van der Waals surface area contributed by atoms with E-state index in [-0.39, 0.29) is 0 Å². The summed E-state index contributed by atoms with van der Waals surface area (Å²) in [7, 11) is 0. The van der Waals surface area contributed by atoms with Crippen LogP contribution in [-0.4, -0.2) is 20.7 Å². The van der Waals surface area contributed by atoms with E-state index in [1.807, 2.05) is 10.1 Å². The van der Waals surface area contributed by atoms with Gasteiger partial charge in [0.25, 0.3) is 0 Å². The van der Waals surface area contributed by atoms with Crippen molar-refractivity contribution in [3.05, 3.63) is 21.0 Å². The zero-order chi connectivity index (χ0) is 7.72. The number of hydrogen-bond acceptors (Lipinski definition) is 3. The molecule has 0 saturated carbocycles. The van der Waals surface area contributed by atoms with Crippen LogP contribution in [0.3, 0.4) is 0 Å². The number of rotatable bonds is 0. The second-order valence-corrected chi connectivity index (χ2v) is 1.73. The smallest absolute Gasteiger partial charge is 0.273 e. The minimum Gasteiger partial charge on any atom is -0.273 e. The van der Waals surface area contributed by atoms with E-state index in [1.165, 1.54) is 6.92 Å². The molecule has 0 radical (unpaired) electrons. The standard InChI is InChI=1S/C4H5N3O3/c1-2(8)7-4(10)5-3(9)6-7/h1H3,(H2,5,6,9,10). The van der Waals surface area contributed by atoms with E-state index in [1.54, 1.807) is 0 Å². The molecule has 1 rings (SSSR count). The fourth-order valence-corrected chi connectivity index (χ4v) is 0.555. The SMILES string of the molecule is CC(=O)n1[nH]c(=O)[nH]c1=O. The van der Waals surface area contributed by atoms with Gasteiger partial charge in [0, 0.05) is 6.92 Å². The third-order valence-electron chi connectivity index (χ3n) is 0.952. The molecule has 0 aliphatic carbocycles. The van der Waals surface area contributed by atoms with E-state index in [4.69, 9.17) is 0 Å². The van der Waals surface area contributed by atoms with Crippen molar-refractivity contribution >= 4 is 5.91 Å². The number of nitrogens with zero attached hydrogens (tertiary/aromatic N) is 1. The van der Waals surface area contributed by atoms with Crippen LogP contribution in [0.4, 0.5) is 0 Å². The van der Waals surface area contributed by atoms with Crippen molar-refractivity contribution in [3.8, 4) is 0 Å². The van der Waals surface area contributed by atoms with E-state index in [2.05, 4.69) is 0 Å². The molecule has 6 nitrogen and oxygen atoms in total. The molecular weight excluding hydrogens is 138 g/mol. The highest BCUT2D eigenvalue weighted by atomic mass is 16.2. The van der Waals surface area contributed by atoms with Gasteiger partial charge in [-0.25, -0.2) is 14.7 Å².